The van der Waals surface area contributed by atoms with Crippen LogP contribution in [0.4, 0.5) is 11.4 Å². The highest BCUT2D eigenvalue weighted by molar-refractivity contribution is 7.92. The van der Waals surface area contributed by atoms with E-state index in [-0.39, 0.29) is 16.7 Å². The minimum atomic E-state index is -3.74. The van der Waals surface area contributed by atoms with E-state index >= 15 is 0 Å². The second-order valence-corrected chi connectivity index (χ2v) is 8.57. The van der Waals surface area contributed by atoms with Crippen LogP contribution in [0.25, 0.3) is 0 Å². The van der Waals surface area contributed by atoms with E-state index in [1.807, 2.05) is 6.92 Å². The molecule has 1 amide bonds. The van der Waals surface area contributed by atoms with E-state index in [4.69, 9.17) is 11.6 Å². The van der Waals surface area contributed by atoms with Gasteiger partial charge in [-0.1, -0.05) is 11.6 Å². The van der Waals surface area contributed by atoms with Crippen molar-refractivity contribution in [2.45, 2.75) is 30.6 Å². The Balaban J connectivity index is 1.76. The average Bonchev–Trinajstić information content (AvgIpc) is 2.84. The van der Waals surface area contributed by atoms with Gasteiger partial charge in [0.1, 0.15) is 0 Å². The molecule has 0 aromatic heterocycles. The largest absolute Gasteiger partial charge is 0.311 e. The van der Waals surface area contributed by atoms with Gasteiger partial charge >= 0.3 is 0 Å². The van der Waals surface area contributed by atoms with Gasteiger partial charge in [0.25, 0.3) is 10.0 Å². The van der Waals surface area contributed by atoms with Crippen molar-refractivity contribution >= 4 is 38.9 Å². The van der Waals surface area contributed by atoms with Crippen LogP contribution < -0.4 is 9.62 Å². The highest BCUT2D eigenvalue weighted by Gasteiger charge is 2.38. The van der Waals surface area contributed by atoms with E-state index in [0.29, 0.717) is 17.3 Å². The Morgan fingerprint density at radius 2 is 1.92 bits per heavy atom. The molecule has 2 aromatic rings. The molecule has 0 unspecified atom stereocenters. The highest BCUT2D eigenvalue weighted by Crippen LogP contribution is 2.44. The molecule has 0 fully saturated rings. The van der Waals surface area contributed by atoms with Crippen LogP contribution in [0.3, 0.4) is 0 Å². The third-order valence-corrected chi connectivity index (χ3v) is 6.41. The van der Waals surface area contributed by atoms with Crippen molar-refractivity contribution in [2.75, 3.05) is 16.2 Å². The first-order chi connectivity index (χ1) is 11.9. The van der Waals surface area contributed by atoms with Crippen LogP contribution in [0.15, 0.2) is 41.3 Å². The van der Waals surface area contributed by atoms with Crippen LogP contribution in [-0.4, -0.2) is 20.9 Å². The Labute approximate surface area is 151 Å². The molecule has 2 aromatic carbocycles. The summed E-state index contributed by atoms with van der Waals surface area (Å²) in [5.41, 5.74) is 3.09. The fraction of sp³-hybridized carbons (Fsp3) is 0.278. The first-order valence-corrected chi connectivity index (χ1v) is 9.99. The van der Waals surface area contributed by atoms with E-state index < -0.39 is 10.0 Å². The predicted octanol–water partition coefficient (Wildman–Crippen LogP) is 3.54. The molecule has 0 saturated heterocycles. The van der Waals surface area contributed by atoms with Gasteiger partial charge in [-0.25, -0.2) is 8.42 Å². The standard InChI is InChI=1S/C18H17ClN2O3S/c1-11-16-10-15(9-12-3-2-8-21(17(12)16)18(11)22)25(23,24)20-14-6-4-13(19)5-7-14/h4-7,9-11,20H,2-3,8H2,1H3/t11-/m0/s1. The maximum atomic E-state index is 12.8. The Hall–Kier alpha value is -2.05. The topological polar surface area (TPSA) is 66.5 Å². The molecule has 130 valence electrons. The molecule has 0 radical (unpaired) electrons. The minimum absolute atomic E-state index is 0.0520. The number of benzene rings is 2. The molecule has 1 atom stereocenters. The van der Waals surface area contributed by atoms with Crippen molar-refractivity contribution in [3.8, 4) is 0 Å². The third kappa shape index (κ3) is 2.69. The Morgan fingerprint density at radius 3 is 2.64 bits per heavy atom. The van der Waals surface area contributed by atoms with Gasteiger partial charge in [0, 0.05) is 17.3 Å². The Morgan fingerprint density at radius 1 is 1.20 bits per heavy atom. The lowest BCUT2D eigenvalue weighted by Crippen LogP contribution is -2.32. The number of carbonyl (C=O) groups excluding carboxylic acids is 1. The number of hydrogen-bond donors (Lipinski definition) is 1. The van der Waals surface area contributed by atoms with Crippen LogP contribution in [0.5, 0.6) is 0 Å². The maximum Gasteiger partial charge on any atom is 0.261 e. The molecule has 7 heteroatoms. The average molecular weight is 377 g/mol. The molecule has 4 rings (SSSR count). The molecule has 0 saturated carbocycles. The summed E-state index contributed by atoms with van der Waals surface area (Å²) in [5, 5.41) is 0.539. The zero-order valence-corrected chi connectivity index (χ0v) is 15.2. The van der Waals surface area contributed by atoms with Gasteiger partial charge in [-0.3, -0.25) is 9.52 Å². The molecular weight excluding hydrogens is 360 g/mol. The SMILES string of the molecule is C[C@@H]1C(=O)N2CCCc3cc(S(=O)(=O)Nc4ccc(Cl)cc4)cc1c32. The predicted molar refractivity (Wildman–Crippen MR) is 97.8 cm³/mol. The quantitative estimate of drug-likeness (QED) is 0.890. The minimum Gasteiger partial charge on any atom is -0.311 e. The van der Waals surface area contributed by atoms with E-state index in [0.717, 1.165) is 29.7 Å². The number of anilines is 2. The fourth-order valence-electron chi connectivity index (χ4n) is 3.55. The molecule has 25 heavy (non-hydrogen) atoms. The van der Waals surface area contributed by atoms with Crippen LogP contribution in [0.1, 0.15) is 30.4 Å². The molecule has 0 bridgehead atoms. The van der Waals surface area contributed by atoms with E-state index in [9.17, 15) is 13.2 Å². The number of nitrogens with one attached hydrogen (secondary N) is 1. The van der Waals surface area contributed by atoms with Crippen LogP contribution >= 0.6 is 11.6 Å². The van der Waals surface area contributed by atoms with Gasteiger partial charge in [-0.15, -0.1) is 0 Å². The Bertz CT molecular complexity index is 971. The highest BCUT2D eigenvalue weighted by atomic mass is 35.5. The van der Waals surface area contributed by atoms with Gasteiger partial charge in [-0.2, -0.15) is 0 Å². The second-order valence-electron chi connectivity index (χ2n) is 6.45. The number of aryl methyl sites for hydroxylation is 1. The molecule has 5 nitrogen and oxygen atoms in total. The number of carbonyl (C=O) groups is 1. The lowest BCUT2D eigenvalue weighted by Gasteiger charge is -2.26. The smallest absolute Gasteiger partial charge is 0.261 e. The molecule has 1 N–H and O–H groups in total. The fourth-order valence-corrected chi connectivity index (χ4v) is 4.82. The first-order valence-electron chi connectivity index (χ1n) is 8.13. The summed E-state index contributed by atoms with van der Waals surface area (Å²) in [5.74, 6) is -0.256. The number of hydrogen-bond acceptors (Lipinski definition) is 3. The van der Waals surface area contributed by atoms with Crippen molar-refractivity contribution in [2.24, 2.45) is 0 Å². The summed E-state index contributed by atoms with van der Waals surface area (Å²) in [6, 6.07) is 9.81. The van der Waals surface area contributed by atoms with Crippen LogP contribution in [0.2, 0.25) is 5.02 Å². The lowest BCUT2D eigenvalue weighted by atomic mass is 9.97. The van der Waals surface area contributed by atoms with Crippen molar-refractivity contribution in [1.82, 2.24) is 0 Å². The molecular formula is C18H17ClN2O3S. The summed E-state index contributed by atoms with van der Waals surface area (Å²) in [6.07, 6.45) is 1.63. The third-order valence-electron chi connectivity index (χ3n) is 4.80. The maximum absolute atomic E-state index is 12.8. The van der Waals surface area contributed by atoms with Gasteiger partial charge in [0.15, 0.2) is 0 Å². The number of amides is 1. The van der Waals surface area contributed by atoms with E-state index in [1.165, 1.54) is 0 Å². The van der Waals surface area contributed by atoms with Gasteiger partial charge < -0.3 is 4.90 Å². The second kappa shape index (κ2) is 5.75. The summed E-state index contributed by atoms with van der Waals surface area (Å²) in [7, 11) is -3.74. The van der Waals surface area contributed by atoms with Crippen LogP contribution in [0, 0.1) is 0 Å². The summed E-state index contributed by atoms with van der Waals surface area (Å²) in [4.78, 5) is 14.4. The summed E-state index contributed by atoms with van der Waals surface area (Å²) < 4.78 is 28.2. The first kappa shape index (κ1) is 16.4. The van der Waals surface area contributed by atoms with Crippen molar-refractivity contribution < 1.29 is 13.2 Å². The number of rotatable bonds is 3. The number of nitrogens with zero attached hydrogens (tertiary/aromatic N) is 1. The normalized spacial score (nSPS) is 19.0. The molecule has 0 spiro atoms. The molecule has 2 aliphatic rings. The van der Waals surface area contributed by atoms with Gasteiger partial charge in [-0.05, 0) is 67.3 Å². The van der Waals surface area contributed by atoms with Crippen molar-refractivity contribution in [1.29, 1.82) is 0 Å². The van der Waals surface area contributed by atoms with Crippen molar-refractivity contribution in [3.05, 3.63) is 52.5 Å². The van der Waals surface area contributed by atoms with Gasteiger partial charge in [0.2, 0.25) is 5.91 Å². The zero-order chi connectivity index (χ0) is 17.8. The number of halogens is 1. The van der Waals surface area contributed by atoms with Gasteiger partial charge in [0.05, 0.1) is 16.5 Å². The molecule has 2 aliphatic heterocycles. The monoisotopic (exact) mass is 376 g/mol. The van der Waals surface area contributed by atoms with Crippen molar-refractivity contribution in [3.63, 3.8) is 0 Å². The summed E-state index contributed by atoms with van der Waals surface area (Å²) in [6.45, 7) is 2.54. The Kier molecular flexibility index (Phi) is 3.77. The zero-order valence-electron chi connectivity index (χ0n) is 13.6. The van der Waals surface area contributed by atoms with E-state index in [2.05, 4.69) is 4.72 Å². The lowest BCUT2D eigenvalue weighted by molar-refractivity contribution is -0.119. The van der Waals surface area contributed by atoms with E-state index in [1.54, 1.807) is 41.3 Å². The number of sulfonamides is 1. The summed E-state index contributed by atoms with van der Waals surface area (Å²) >= 11 is 5.84. The van der Waals surface area contributed by atoms with Crippen LogP contribution in [-0.2, 0) is 21.2 Å². The molecule has 0 aliphatic carbocycles. The molecule has 2 heterocycles.